The van der Waals surface area contributed by atoms with E-state index >= 15 is 0 Å². The Hall–Kier alpha value is 0.690. The molecule has 0 fully saturated rings. The maximum absolute atomic E-state index is 2.34. The number of hydrogen-bond donors (Lipinski definition) is 0. The smallest absolute Gasteiger partial charge is 0.0786 e. The average molecular weight is 468 g/mol. The first kappa shape index (κ1) is 27.9. The van der Waals surface area contributed by atoms with Crippen LogP contribution in [-0.4, -0.2) is 30.7 Å². The van der Waals surface area contributed by atoms with Gasteiger partial charge in [0.25, 0.3) is 0 Å². The second kappa shape index (κ2) is 21.0. The van der Waals surface area contributed by atoms with E-state index in [1.165, 1.54) is 127 Å². The Morgan fingerprint density at radius 3 is 0.960 bits per heavy atom. The standard InChI is InChI=1S/C23H50N.HI/c1-5-9-13-14-15-19-23-24(20-16-10-6-2,21-17-11-7-3)22-18-12-8-4;/h5-23H2,1-4H3;1H/q+1;/p-1. The minimum atomic E-state index is 0. The fourth-order valence-electron chi connectivity index (χ4n) is 3.99. The predicted molar refractivity (Wildman–Crippen MR) is 112 cm³/mol. The van der Waals surface area contributed by atoms with Crippen molar-refractivity contribution in [2.75, 3.05) is 26.2 Å². The van der Waals surface area contributed by atoms with Crippen LogP contribution in [0.1, 0.15) is 124 Å². The highest BCUT2D eigenvalue weighted by molar-refractivity contribution is 4.52. The molecule has 0 heterocycles. The second-order valence-electron chi connectivity index (χ2n) is 8.13. The van der Waals surface area contributed by atoms with Crippen LogP contribution in [-0.2, 0) is 0 Å². The van der Waals surface area contributed by atoms with E-state index in [1.54, 1.807) is 0 Å². The summed E-state index contributed by atoms with van der Waals surface area (Å²) < 4.78 is 1.45. The molecule has 2 heteroatoms. The summed E-state index contributed by atoms with van der Waals surface area (Å²) in [4.78, 5) is 0. The van der Waals surface area contributed by atoms with E-state index in [1.807, 2.05) is 0 Å². The molecule has 1 nitrogen and oxygen atoms in total. The Kier molecular flexibility index (Phi) is 23.4. The molecular formula is C23H50IN. The van der Waals surface area contributed by atoms with E-state index in [0.29, 0.717) is 0 Å². The van der Waals surface area contributed by atoms with Crippen LogP contribution in [0.25, 0.3) is 0 Å². The highest BCUT2D eigenvalue weighted by atomic mass is 127. The Balaban J connectivity index is 0. The SMILES string of the molecule is CCCCCCCC[N+](CCCCC)(CCCCC)CCCCC.[I-]. The molecule has 0 radical (unpaired) electrons. The van der Waals surface area contributed by atoms with Crippen molar-refractivity contribution in [2.45, 2.75) is 124 Å². The minimum absolute atomic E-state index is 0. The predicted octanol–water partition coefficient (Wildman–Crippen LogP) is 4.74. The monoisotopic (exact) mass is 467 g/mol. The third-order valence-electron chi connectivity index (χ3n) is 5.69. The first-order chi connectivity index (χ1) is 11.7. The molecule has 0 saturated carbocycles. The zero-order chi connectivity index (χ0) is 17.9. The Morgan fingerprint density at radius 2 is 0.600 bits per heavy atom. The van der Waals surface area contributed by atoms with Crippen LogP contribution in [0.5, 0.6) is 0 Å². The molecule has 0 amide bonds. The lowest BCUT2D eigenvalue weighted by atomic mass is 10.1. The van der Waals surface area contributed by atoms with Gasteiger partial charge in [0, 0.05) is 0 Å². The summed E-state index contributed by atoms with van der Waals surface area (Å²) in [5.41, 5.74) is 0. The highest BCUT2D eigenvalue weighted by Gasteiger charge is 2.25. The number of nitrogens with zero attached hydrogens (tertiary/aromatic N) is 1. The van der Waals surface area contributed by atoms with Gasteiger partial charge in [-0.1, -0.05) is 72.6 Å². The number of hydrogen-bond acceptors (Lipinski definition) is 0. The Bertz CT molecular complexity index is 216. The van der Waals surface area contributed by atoms with Crippen LogP contribution < -0.4 is 24.0 Å². The van der Waals surface area contributed by atoms with Crippen molar-refractivity contribution < 1.29 is 28.5 Å². The van der Waals surface area contributed by atoms with Crippen LogP contribution in [0.2, 0.25) is 0 Å². The quantitative estimate of drug-likeness (QED) is 0.146. The van der Waals surface area contributed by atoms with Gasteiger partial charge in [-0.15, -0.1) is 0 Å². The van der Waals surface area contributed by atoms with Gasteiger partial charge in [0.05, 0.1) is 26.2 Å². The highest BCUT2D eigenvalue weighted by Crippen LogP contribution is 2.19. The number of unbranched alkanes of at least 4 members (excludes halogenated alkanes) is 11. The largest absolute Gasteiger partial charge is 1.00 e. The topological polar surface area (TPSA) is 0 Å². The van der Waals surface area contributed by atoms with Crippen molar-refractivity contribution in [1.82, 2.24) is 0 Å². The maximum Gasteiger partial charge on any atom is 0.0786 e. The summed E-state index contributed by atoms with van der Waals surface area (Å²) in [5, 5.41) is 0. The van der Waals surface area contributed by atoms with Gasteiger partial charge in [0.15, 0.2) is 0 Å². The summed E-state index contributed by atoms with van der Waals surface area (Å²) in [5.74, 6) is 0. The van der Waals surface area contributed by atoms with Crippen molar-refractivity contribution in [3.8, 4) is 0 Å². The lowest BCUT2D eigenvalue weighted by Crippen LogP contribution is -3.00. The van der Waals surface area contributed by atoms with E-state index in [9.17, 15) is 0 Å². The maximum atomic E-state index is 2.34. The third kappa shape index (κ3) is 16.6. The first-order valence-corrected chi connectivity index (χ1v) is 11.6. The van der Waals surface area contributed by atoms with Crippen molar-refractivity contribution in [2.24, 2.45) is 0 Å². The molecule has 0 bridgehead atoms. The Labute approximate surface area is 178 Å². The van der Waals surface area contributed by atoms with E-state index in [4.69, 9.17) is 0 Å². The summed E-state index contributed by atoms with van der Waals surface area (Å²) in [7, 11) is 0. The third-order valence-corrected chi connectivity index (χ3v) is 5.69. The van der Waals surface area contributed by atoms with E-state index in [0.717, 1.165) is 0 Å². The van der Waals surface area contributed by atoms with Crippen LogP contribution in [0.15, 0.2) is 0 Å². The summed E-state index contributed by atoms with van der Waals surface area (Å²) in [6.07, 6.45) is 21.4. The van der Waals surface area contributed by atoms with Crippen molar-refractivity contribution >= 4 is 0 Å². The van der Waals surface area contributed by atoms with E-state index < -0.39 is 0 Å². The minimum Gasteiger partial charge on any atom is -1.00 e. The first-order valence-electron chi connectivity index (χ1n) is 11.6. The molecule has 0 rings (SSSR count). The molecule has 0 saturated heterocycles. The molecular weight excluding hydrogens is 417 g/mol. The molecule has 0 unspecified atom stereocenters. The molecule has 0 aliphatic heterocycles. The van der Waals surface area contributed by atoms with Crippen molar-refractivity contribution in [3.63, 3.8) is 0 Å². The molecule has 0 N–H and O–H groups in total. The fraction of sp³-hybridized carbons (Fsp3) is 1.00. The van der Waals surface area contributed by atoms with Gasteiger partial charge in [0.1, 0.15) is 0 Å². The molecule has 0 spiro atoms. The molecule has 0 aromatic rings. The Morgan fingerprint density at radius 1 is 0.360 bits per heavy atom. The van der Waals surface area contributed by atoms with Gasteiger partial charge < -0.3 is 28.5 Å². The van der Waals surface area contributed by atoms with Crippen LogP contribution >= 0.6 is 0 Å². The lowest BCUT2D eigenvalue weighted by Gasteiger charge is -2.39. The van der Waals surface area contributed by atoms with Gasteiger partial charge in [0.2, 0.25) is 0 Å². The van der Waals surface area contributed by atoms with Crippen LogP contribution in [0.4, 0.5) is 0 Å². The molecule has 25 heavy (non-hydrogen) atoms. The van der Waals surface area contributed by atoms with Gasteiger partial charge in [-0.25, -0.2) is 0 Å². The molecule has 0 aromatic heterocycles. The average Bonchev–Trinajstić information content (AvgIpc) is 2.58. The molecule has 0 aromatic carbocycles. The van der Waals surface area contributed by atoms with Crippen molar-refractivity contribution in [1.29, 1.82) is 0 Å². The number of quaternary nitrogens is 1. The van der Waals surface area contributed by atoms with Crippen LogP contribution in [0.3, 0.4) is 0 Å². The van der Waals surface area contributed by atoms with Gasteiger partial charge in [-0.3, -0.25) is 0 Å². The molecule has 0 aliphatic rings. The normalized spacial score (nSPS) is 11.5. The van der Waals surface area contributed by atoms with Gasteiger partial charge >= 0.3 is 0 Å². The zero-order valence-corrected chi connectivity index (χ0v) is 20.4. The summed E-state index contributed by atoms with van der Waals surface area (Å²) >= 11 is 0. The van der Waals surface area contributed by atoms with Crippen LogP contribution in [0, 0.1) is 0 Å². The number of halogens is 1. The van der Waals surface area contributed by atoms with E-state index in [2.05, 4.69) is 27.7 Å². The van der Waals surface area contributed by atoms with Gasteiger partial charge in [-0.05, 0) is 51.4 Å². The zero-order valence-electron chi connectivity index (χ0n) is 18.3. The summed E-state index contributed by atoms with van der Waals surface area (Å²) in [6.45, 7) is 15.2. The van der Waals surface area contributed by atoms with Crippen molar-refractivity contribution in [3.05, 3.63) is 0 Å². The summed E-state index contributed by atoms with van der Waals surface area (Å²) in [6, 6.07) is 0. The second-order valence-corrected chi connectivity index (χ2v) is 8.13. The van der Waals surface area contributed by atoms with Gasteiger partial charge in [-0.2, -0.15) is 0 Å². The lowest BCUT2D eigenvalue weighted by molar-refractivity contribution is -0.929. The molecule has 154 valence electrons. The fourth-order valence-corrected chi connectivity index (χ4v) is 3.99. The number of rotatable bonds is 19. The molecule has 0 atom stereocenters. The molecule has 0 aliphatic carbocycles. The van der Waals surface area contributed by atoms with E-state index in [-0.39, 0.29) is 24.0 Å².